The molecule has 3 N–H and O–H groups in total. The Morgan fingerprint density at radius 1 is 1.13 bits per heavy atom. The molecule has 1 amide bonds. The Bertz CT molecular complexity index is 355. The molecule has 0 saturated heterocycles. The lowest BCUT2D eigenvalue weighted by Gasteiger charge is -2.37. The predicted octanol–water partition coefficient (Wildman–Crippen LogP) is 4.14. The topological polar surface area (TPSA) is 55.1 Å². The summed E-state index contributed by atoms with van der Waals surface area (Å²) in [6.07, 6.45) is 9.97. The van der Waals surface area contributed by atoms with E-state index in [1.54, 1.807) is 0 Å². The van der Waals surface area contributed by atoms with E-state index < -0.39 is 0 Å². The molecule has 0 aromatic heterocycles. The summed E-state index contributed by atoms with van der Waals surface area (Å²) in [5.41, 5.74) is 6.33. The van der Waals surface area contributed by atoms with Crippen molar-refractivity contribution in [1.82, 2.24) is 5.32 Å². The zero-order valence-electron chi connectivity index (χ0n) is 15.2. The Morgan fingerprint density at radius 3 is 2.39 bits per heavy atom. The smallest absolute Gasteiger partial charge is 0.223 e. The van der Waals surface area contributed by atoms with Crippen LogP contribution in [0.5, 0.6) is 0 Å². The van der Waals surface area contributed by atoms with Gasteiger partial charge in [-0.25, -0.2) is 0 Å². The summed E-state index contributed by atoms with van der Waals surface area (Å²) in [4.78, 5) is 12.7. The fourth-order valence-corrected chi connectivity index (χ4v) is 4.58. The van der Waals surface area contributed by atoms with E-state index in [0.717, 1.165) is 6.42 Å². The van der Waals surface area contributed by atoms with E-state index in [-0.39, 0.29) is 30.3 Å². The predicted molar refractivity (Wildman–Crippen MR) is 99.6 cm³/mol. The van der Waals surface area contributed by atoms with Crippen LogP contribution in [-0.2, 0) is 4.79 Å². The number of hydrogen-bond acceptors (Lipinski definition) is 2. The van der Waals surface area contributed by atoms with Crippen molar-refractivity contribution >= 4 is 18.3 Å². The molecule has 4 atom stereocenters. The van der Waals surface area contributed by atoms with Crippen molar-refractivity contribution in [3.8, 4) is 0 Å². The van der Waals surface area contributed by atoms with E-state index in [0.29, 0.717) is 30.2 Å². The monoisotopic (exact) mass is 344 g/mol. The van der Waals surface area contributed by atoms with E-state index in [4.69, 9.17) is 5.73 Å². The number of rotatable bonds is 5. The molecule has 0 aliphatic heterocycles. The third-order valence-corrected chi connectivity index (χ3v) is 6.13. The highest BCUT2D eigenvalue weighted by molar-refractivity contribution is 5.85. The van der Waals surface area contributed by atoms with Gasteiger partial charge in [0.25, 0.3) is 0 Å². The van der Waals surface area contributed by atoms with Crippen LogP contribution in [0, 0.1) is 29.6 Å². The largest absolute Gasteiger partial charge is 0.354 e. The van der Waals surface area contributed by atoms with Gasteiger partial charge in [-0.3, -0.25) is 4.79 Å². The first kappa shape index (κ1) is 20.8. The van der Waals surface area contributed by atoms with E-state index in [1.807, 2.05) is 0 Å². The maximum absolute atomic E-state index is 12.7. The first-order valence-electron chi connectivity index (χ1n) is 9.52. The maximum Gasteiger partial charge on any atom is 0.223 e. The maximum atomic E-state index is 12.7. The van der Waals surface area contributed by atoms with Gasteiger partial charge in [-0.2, -0.15) is 0 Å². The summed E-state index contributed by atoms with van der Waals surface area (Å²) in [6.45, 7) is 7.47. The van der Waals surface area contributed by atoms with Crippen LogP contribution >= 0.6 is 12.4 Å². The van der Waals surface area contributed by atoms with Gasteiger partial charge >= 0.3 is 0 Å². The van der Waals surface area contributed by atoms with Gasteiger partial charge < -0.3 is 11.1 Å². The summed E-state index contributed by atoms with van der Waals surface area (Å²) in [6, 6.07) is 0.141. The number of amides is 1. The number of carbonyl (C=O) groups excluding carboxylic acids is 1. The van der Waals surface area contributed by atoms with Crippen LogP contribution < -0.4 is 11.1 Å². The molecular weight excluding hydrogens is 308 g/mol. The van der Waals surface area contributed by atoms with Gasteiger partial charge in [-0.1, -0.05) is 46.5 Å². The van der Waals surface area contributed by atoms with Gasteiger partial charge in [0, 0.05) is 18.5 Å². The molecule has 23 heavy (non-hydrogen) atoms. The zero-order valence-corrected chi connectivity index (χ0v) is 16.0. The average Bonchev–Trinajstić information content (AvgIpc) is 2.52. The normalized spacial score (nSPS) is 30.6. The first-order chi connectivity index (χ1) is 10.5. The molecule has 3 nitrogen and oxygen atoms in total. The van der Waals surface area contributed by atoms with Crippen molar-refractivity contribution in [1.29, 1.82) is 0 Å². The molecule has 2 aliphatic rings. The third kappa shape index (κ3) is 5.94. The molecule has 2 saturated carbocycles. The minimum absolute atomic E-state index is 0. The minimum atomic E-state index is 0. The van der Waals surface area contributed by atoms with Gasteiger partial charge in [0.15, 0.2) is 0 Å². The van der Waals surface area contributed by atoms with Crippen LogP contribution in [0.25, 0.3) is 0 Å². The Morgan fingerprint density at radius 2 is 1.78 bits per heavy atom. The number of halogens is 1. The minimum Gasteiger partial charge on any atom is -0.354 e. The van der Waals surface area contributed by atoms with Gasteiger partial charge in [0.2, 0.25) is 5.91 Å². The summed E-state index contributed by atoms with van der Waals surface area (Å²) in [5.74, 6) is 2.88. The van der Waals surface area contributed by atoms with E-state index >= 15 is 0 Å². The highest BCUT2D eigenvalue weighted by Gasteiger charge is 2.35. The Balaban J connectivity index is 0.00000264. The van der Waals surface area contributed by atoms with E-state index in [9.17, 15) is 4.79 Å². The molecular formula is C19H37ClN2O. The Hall–Kier alpha value is -0.280. The van der Waals surface area contributed by atoms with Gasteiger partial charge in [0.05, 0.1) is 0 Å². The highest BCUT2D eigenvalue weighted by atomic mass is 35.5. The number of nitrogens with one attached hydrogen (secondary N) is 1. The molecule has 1 unspecified atom stereocenters. The summed E-state index contributed by atoms with van der Waals surface area (Å²) in [7, 11) is 0. The average molecular weight is 345 g/mol. The zero-order chi connectivity index (χ0) is 16.1. The fraction of sp³-hybridized carbons (Fsp3) is 0.947. The first-order valence-corrected chi connectivity index (χ1v) is 9.52. The van der Waals surface area contributed by atoms with Crippen LogP contribution in [0.1, 0.15) is 72.1 Å². The van der Waals surface area contributed by atoms with Crippen molar-refractivity contribution in [2.24, 2.45) is 35.3 Å². The molecule has 0 radical (unpaired) electrons. The third-order valence-electron chi connectivity index (χ3n) is 6.13. The molecule has 2 fully saturated rings. The summed E-state index contributed by atoms with van der Waals surface area (Å²) >= 11 is 0. The number of carbonyl (C=O) groups is 1. The Labute approximate surface area is 149 Å². The standard InChI is InChI=1S/C19H36N2O.ClH/c1-13(2)16-10-9-14(3)11-17(16)19(22)21-12-18(20)15-7-5-4-6-8-15;/h13-18H,4-12,20H2,1-3H3,(H,21,22);1H/t14-,16+,17-,18?;/m1./s1. The quantitative estimate of drug-likeness (QED) is 0.787. The molecule has 2 rings (SSSR count). The molecule has 0 aromatic rings. The van der Waals surface area contributed by atoms with Crippen molar-refractivity contribution in [2.75, 3.05) is 6.54 Å². The number of nitrogens with two attached hydrogens (primary N) is 1. The molecule has 0 spiro atoms. The van der Waals surface area contributed by atoms with Crippen molar-refractivity contribution < 1.29 is 4.79 Å². The summed E-state index contributed by atoms with van der Waals surface area (Å²) < 4.78 is 0. The second-order valence-corrected chi connectivity index (χ2v) is 8.24. The molecule has 0 bridgehead atoms. The van der Waals surface area contributed by atoms with E-state index in [2.05, 4.69) is 26.1 Å². The van der Waals surface area contributed by atoms with E-state index in [1.165, 1.54) is 44.9 Å². The summed E-state index contributed by atoms with van der Waals surface area (Å²) in [5, 5.41) is 3.19. The lowest BCUT2D eigenvalue weighted by molar-refractivity contribution is -0.129. The fourth-order valence-electron chi connectivity index (χ4n) is 4.58. The van der Waals surface area contributed by atoms with Gasteiger partial charge in [0.1, 0.15) is 0 Å². The molecule has 136 valence electrons. The van der Waals surface area contributed by atoms with Crippen LogP contribution in [0.3, 0.4) is 0 Å². The van der Waals surface area contributed by atoms with Crippen molar-refractivity contribution in [3.05, 3.63) is 0 Å². The van der Waals surface area contributed by atoms with Crippen molar-refractivity contribution in [2.45, 2.75) is 78.2 Å². The van der Waals surface area contributed by atoms with Gasteiger partial charge in [-0.15, -0.1) is 12.4 Å². The molecule has 0 heterocycles. The lowest BCUT2D eigenvalue weighted by Crippen LogP contribution is -2.46. The Kier molecular flexibility index (Phi) is 8.92. The van der Waals surface area contributed by atoms with Crippen molar-refractivity contribution in [3.63, 3.8) is 0 Å². The lowest BCUT2D eigenvalue weighted by atomic mass is 9.70. The van der Waals surface area contributed by atoms with Gasteiger partial charge in [-0.05, 0) is 49.4 Å². The van der Waals surface area contributed by atoms with Crippen LogP contribution in [0.2, 0.25) is 0 Å². The van der Waals surface area contributed by atoms with Crippen LogP contribution in [0.4, 0.5) is 0 Å². The SMILES string of the molecule is CC(C)[C@@H]1CC[C@@H](C)C[C@H]1C(=O)NCC(N)C1CCCCC1.Cl. The molecule has 0 aromatic carbocycles. The van der Waals surface area contributed by atoms with Crippen LogP contribution in [0.15, 0.2) is 0 Å². The number of hydrogen-bond donors (Lipinski definition) is 2. The molecule has 2 aliphatic carbocycles. The second kappa shape index (κ2) is 9.88. The van der Waals surface area contributed by atoms with Crippen LogP contribution in [-0.4, -0.2) is 18.5 Å². The second-order valence-electron chi connectivity index (χ2n) is 8.24. The molecule has 4 heteroatoms. The highest BCUT2D eigenvalue weighted by Crippen LogP contribution is 2.38.